The molecule has 5 rings (SSSR count). The summed E-state index contributed by atoms with van der Waals surface area (Å²) in [5.41, 5.74) is 2.56. The molecule has 3 aromatic rings. The first-order chi connectivity index (χ1) is 13.6. The maximum absolute atomic E-state index is 13.4. The summed E-state index contributed by atoms with van der Waals surface area (Å²) >= 11 is 0. The van der Waals surface area contributed by atoms with Gasteiger partial charge in [-0.3, -0.25) is 4.79 Å². The minimum absolute atomic E-state index is 0.163. The third-order valence-corrected chi connectivity index (χ3v) is 5.16. The Morgan fingerprint density at radius 1 is 1.07 bits per heavy atom. The normalized spacial score (nSPS) is 18.8. The molecule has 28 heavy (non-hydrogen) atoms. The molecule has 0 N–H and O–H groups in total. The lowest BCUT2D eigenvalue weighted by molar-refractivity contribution is 0.0996. The lowest BCUT2D eigenvalue weighted by Gasteiger charge is -2.17. The Labute approximate surface area is 160 Å². The van der Waals surface area contributed by atoms with E-state index in [0.717, 1.165) is 11.5 Å². The van der Waals surface area contributed by atoms with Gasteiger partial charge in [-0.05, 0) is 42.8 Å². The second-order valence-electron chi connectivity index (χ2n) is 7.01. The van der Waals surface area contributed by atoms with Gasteiger partial charge in [0.15, 0.2) is 0 Å². The highest BCUT2D eigenvalue weighted by atomic mass is 19.1. The molecule has 1 atom stereocenters. The molecule has 1 amide bonds. The number of carbonyl (C=O) groups is 1. The average Bonchev–Trinajstić information content (AvgIpc) is 3.39. The van der Waals surface area contributed by atoms with Crippen LogP contribution in [0.5, 0.6) is 0 Å². The first kappa shape index (κ1) is 16.9. The third-order valence-electron chi connectivity index (χ3n) is 5.16. The number of benzene rings is 1. The number of amides is 1. The standard InChI is InChI=1S/C20H17F2N5O/c21-13-1-3-15(4-2-13)26-12-18-17(20(26)28)11-27(24-18)16-5-6-19(23-9-16)25-8-7-14(22)10-25/h1-6,9,11,14H,7-8,10,12H2/t14-/m1/s1. The van der Waals surface area contributed by atoms with Crippen molar-refractivity contribution in [1.82, 2.24) is 14.8 Å². The summed E-state index contributed by atoms with van der Waals surface area (Å²) < 4.78 is 28.1. The van der Waals surface area contributed by atoms with E-state index in [1.165, 1.54) is 12.1 Å². The topological polar surface area (TPSA) is 54.3 Å². The van der Waals surface area contributed by atoms with Crippen LogP contribution in [0, 0.1) is 5.82 Å². The Morgan fingerprint density at radius 2 is 1.86 bits per heavy atom. The van der Waals surface area contributed by atoms with Crippen molar-refractivity contribution < 1.29 is 13.6 Å². The highest BCUT2D eigenvalue weighted by molar-refractivity contribution is 6.09. The minimum atomic E-state index is -0.800. The molecule has 0 radical (unpaired) electrons. The smallest absolute Gasteiger partial charge is 0.262 e. The number of alkyl halides is 1. The Morgan fingerprint density at radius 3 is 2.50 bits per heavy atom. The molecule has 2 aliphatic rings. The van der Waals surface area contributed by atoms with Gasteiger partial charge in [-0.1, -0.05) is 0 Å². The molecule has 0 spiro atoms. The van der Waals surface area contributed by atoms with Crippen molar-refractivity contribution in [1.29, 1.82) is 0 Å². The molecule has 0 aliphatic carbocycles. The number of hydrogen-bond acceptors (Lipinski definition) is 4. The van der Waals surface area contributed by atoms with Crippen LogP contribution >= 0.6 is 0 Å². The molecule has 0 unspecified atom stereocenters. The zero-order chi connectivity index (χ0) is 19.3. The monoisotopic (exact) mass is 381 g/mol. The van der Waals surface area contributed by atoms with Gasteiger partial charge in [-0.15, -0.1) is 0 Å². The van der Waals surface area contributed by atoms with Crippen molar-refractivity contribution in [3.8, 4) is 5.69 Å². The molecule has 4 heterocycles. The Hall–Kier alpha value is -3.29. The molecule has 8 heteroatoms. The third kappa shape index (κ3) is 2.81. The molecule has 1 aromatic carbocycles. The fourth-order valence-corrected chi connectivity index (χ4v) is 3.66. The first-order valence-electron chi connectivity index (χ1n) is 9.10. The zero-order valence-electron chi connectivity index (χ0n) is 14.9. The van der Waals surface area contributed by atoms with E-state index >= 15 is 0 Å². The van der Waals surface area contributed by atoms with Crippen LogP contribution in [0.15, 0.2) is 48.8 Å². The van der Waals surface area contributed by atoms with E-state index in [2.05, 4.69) is 10.1 Å². The van der Waals surface area contributed by atoms with Crippen LogP contribution in [0.1, 0.15) is 22.5 Å². The Kier molecular flexibility index (Phi) is 3.85. The summed E-state index contributed by atoms with van der Waals surface area (Å²) in [7, 11) is 0. The number of fused-ring (bicyclic) bond motifs is 1. The molecule has 0 bridgehead atoms. The molecule has 1 fully saturated rings. The predicted octanol–water partition coefficient (Wildman–Crippen LogP) is 3.12. The van der Waals surface area contributed by atoms with Crippen LogP contribution in [0.4, 0.5) is 20.3 Å². The number of aromatic nitrogens is 3. The van der Waals surface area contributed by atoms with Crippen LogP contribution in [0.3, 0.4) is 0 Å². The van der Waals surface area contributed by atoms with E-state index in [9.17, 15) is 13.6 Å². The average molecular weight is 381 g/mol. The number of nitrogens with zero attached hydrogens (tertiary/aromatic N) is 5. The van der Waals surface area contributed by atoms with Crippen molar-refractivity contribution in [2.75, 3.05) is 22.9 Å². The van der Waals surface area contributed by atoms with Gasteiger partial charge in [-0.25, -0.2) is 18.4 Å². The van der Waals surface area contributed by atoms with Crippen molar-refractivity contribution in [3.05, 3.63) is 65.9 Å². The highest BCUT2D eigenvalue weighted by Crippen LogP contribution is 2.28. The second-order valence-corrected chi connectivity index (χ2v) is 7.01. The van der Waals surface area contributed by atoms with Crippen LogP contribution in [-0.4, -0.2) is 39.9 Å². The SMILES string of the molecule is O=C1c2cn(-c3ccc(N4CC[C@@H](F)C4)nc3)nc2CN1c1ccc(F)cc1. The summed E-state index contributed by atoms with van der Waals surface area (Å²) in [6.07, 6.45) is 3.09. The summed E-state index contributed by atoms with van der Waals surface area (Å²) in [6.45, 7) is 1.37. The van der Waals surface area contributed by atoms with Gasteiger partial charge in [0.25, 0.3) is 5.91 Å². The Balaban J connectivity index is 1.36. The number of rotatable bonds is 3. The van der Waals surface area contributed by atoms with Crippen LogP contribution < -0.4 is 9.80 Å². The van der Waals surface area contributed by atoms with Crippen LogP contribution in [0.25, 0.3) is 5.69 Å². The van der Waals surface area contributed by atoms with Gasteiger partial charge in [0.2, 0.25) is 0 Å². The highest BCUT2D eigenvalue weighted by Gasteiger charge is 2.32. The quantitative estimate of drug-likeness (QED) is 0.700. The van der Waals surface area contributed by atoms with E-state index in [-0.39, 0.29) is 11.7 Å². The van der Waals surface area contributed by atoms with Crippen molar-refractivity contribution in [3.63, 3.8) is 0 Å². The number of halogens is 2. The van der Waals surface area contributed by atoms with Gasteiger partial charge in [0.05, 0.1) is 36.2 Å². The largest absolute Gasteiger partial charge is 0.354 e. The van der Waals surface area contributed by atoms with Gasteiger partial charge >= 0.3 is 0 Å². The molecule has 2 aromatic heterocycles. The number of pyridine rings is 1. The van der Waals surface area contributed by atoms with E-state index in [4.69, 9.17) is 0 Å². The molecule has 1 saturated heterocycles. The predicted molar refractivity (Wildman–Crippen MR) is 100.0 cm³/mol. The number of anilines is 2. The van der Waals surface area contributed by atoms with E-state index in [0.29, 0.717) is 43.0 Å². The molecule has 142 valence electrons. The summed E-state index contributed by atoms with van der Waals surface area (Å²) in [5.74, 6) is 0.232. The fourth-order valence-electron chi connectivity index (χ4n) is 3.66. The number of hydrogen-bond donors (Lipinski definition) is 0. The lowest BCUT2D eigenvalue weighted by atomic mass is 10.3. The number of carbonyl (C=O) groups excluding carboxylic acids is 1. The summed E-state index contributed by atoms with van der Waals surface area (Å²) in [6, 6.07) is 9.52. The van der Waals surface area contributed by atoms with Gasteiger partial charge in [0.1, 0.15) is 17.8 Å². The lowest BCUT2D eigenvalue weighted by Crippen LogP contribution is -2.23. The molecule has 0 saturated carbocycles. The molecule has 2 aliphatic heterocycles. The van der Waals surface area contributed by atoms with E-state index in [1.54, 1.807) is 34.1 Å². The zero-order valence-corrected chi connectivity index (χ0v) is 14.9. The van der Waals surface area contributed by atoms with Gasteiger partial charge < -0.3 is 9.80 Å². The summed E-state index contributed by atoms with van der Waals surface area (Å²) in [5, 5.41) is 4.51. The maximum Gasteiger partial charge on any atom is 0.262 e. The second kappa shape index (κ2) is 6.40. The summed E-state index contributed by atoms with van der Waals surface area (Å²) in [4.78, 5) is 20.6. The van der Waals surface area contributed by atoms with E-state index < -0.39 is 6.17 Å². The minimum Gasteiger partial charge on any atom is -0.354 e. The van der Waals surface area contributed by atoms with Gasteiger partial charge in [0, 0.05) is 18.4 Å². The van der Waals surface area contributed by atoms with Crippen molar-refractivity contribution in [2.45, 2.75) is 19.1 Å². The van der Waals surface area contributed by atoms with Crippen LogP contribution in [0.2, 0.25) is 0 Å². The fraction of sp³-hybridized carbons (Fsp3) is 0.250. The first-order valence-corrected chi connectivity index (χ1v) is 9.10. The van der Waals surface area contributed by atoms with Gasteiger partial charge in [-0.2, -0.15) is 5.10 Å². The molecule has 6 nitrogen and oxygen atoms in total. The van der Waals surface area contributed by atoms with Crippen molar-refractivity contribution >= 4 is 17.4 Å². The maximum atomic E-state index is 13.4. The van der Waals surface area contributed by atoms with Crippen LogP contribution in [-0.2, 0) is 6.54 Å². The Bertz CT molecular complexity index is 1030. The molecular formula is C20H17F2N5O. The van der Waals surface area contributed by atoms with E-state index in [1.807, 2.05) is 17.0 Å². The molecular weight excluding hydrogens is 364 g/mol. The van der Waals surface area contributed by atoms with Crippen molar-refractivity contribution in [2.24, 2.45) is 0 Å².